The number of ether oxygens (including phenoxy) is 2. The molecule has 0 atom stereocenters. The van der Waals surface area contributed by atoms with Gasteiger partial charge in [-0.25, -0.2) is 4.57 Å². The Morgan fingerprint density at radius 2 is 1.71 bits per heavy atom. The maximum absolute atomic E-state index is 11.3. The van der Waals surface area contributed by atoms with Crippen LogP contribution in [-0.2, 0) is 17.8 Å². The minimum absolute atomic E-state index is 0.0785. The van der Waals surface area contributed by atoms with Crippen molar-refractivity contribution in [1.82, 2.24) is 0 Å². The van der Waals surface area contributed by atoms with Crippen molar-refractivity contribution in [3.63, 3.8) is 0 Å². The number of benzene rings is 2. The van der Waals surface area contributed by atoms with Crippen LogP contribution in [0.15, 0.2) is 28.7 Å². The van der Waals surface area contributed by atoms with Crippen molar-refractivity contribution >= 4 is 35.9 Å². The number of hydrogen-bond acceptors (Lipinski definition) is 6. The van der Waals surface area contributed by atoms with Crippen molar-refractivity contribution in [2.45, 2.75) is 13.2 Å². The Morgan fingerprint density at radius 3 is 2.25 bits per heavy atom. The summed E-state index contributed by atoms with van der Waals surface area (Å²) in [6.45, 7) is -0.566. The Morgan fingerprint density at radius 1 is 1.04 bits per heavy atom. The van der Waals surface area contributed by atoms with Gasteiger partial charge in [0.15, 0.2) is 5.75 Å². The van der Waals surface area contributed by atoms with Gasteiger partial charge in [-0.1, -0.05) is 12.2 Å². The zero-order valence-electron chi connectivity index (χ0n) is 15.1. The van der Waals surface area contributed by atoms with Crippen LogP contribution in [0.5, 0.6) is 17.2 Å². The first-order valence-corrected chi connectivity index (χ1v) is 10.3. The summed E-state index contributed by atoms with van der Waals surface area (Å²) in [6.07, 6.45) is 3.24. The van der Waals surface area contributed by atoms with Crippen LogP contribution < -0.4 is 14.0 Å². The lowest BCUT2D eigenvalue weighted by Crippen LogP contribution is -1.99. The predicted octanol–water partition coefficient (Wildman–Crippen LogP) is 3.09. The molecule has 0 spiro atoms. The molecule has 2 rings (SSSR count). The van der Waals surface area contributed by atoms with Crippen LogP contribution in [0.3, 0.4) is 0 Å². The third-order valence-corrected chi connectivity index (χ3v) is 5.02. The Bertz CT molecular complexity index is 897. The van der Waals surface area contributed by atoms with Crippen LogP contribution >= 0.6 is 23.8 Å². The van der Waals surface area contributed by atoms with Crippen LogP contribution in [0, 0.1) is 0 Å². The van der Waals surface area contributed by atoms with Gasteiger partial charge in [0, 0.05) is 11.1 Å². The quantitative estimate of drug-likeness (QED) is 0.339. The highest BCUT2D eigenvalue weighted by Gasteiger charge is 2.22. The molecule has 0 aliphatic carbocycles. The van der Waals surface area contributed by atoms with E-state index in [1.165, 1.54) is 14.2 Å². The topological polar surface area (TPSA) is 126 Å². The number of hydrogen-bond donors (Lipinski definition) is 4. The largest absolute Gasteiger partial charge is 0.524 e. The van der Waals surface area contributed by atoms with Crippen LogP contribution in [0.4, 0.5) is 0 Å². The van der Waals surface area contributed by atoms with E-state index >= 15 is 0 Å². The third-order valence-electron chi connectivity index (χ3n) is 3.85. The fraction of sp³-hybridized carbons (Fsp3) is 0.222. The van der Waals surface area contributed by atoms with Gasteiger partial charge >= 0.3 is 7.82 Å². The lowest BCUT2D eigenvalue weighted by molar-refractivity contribution is 0.254. The average Bonchev–Trinajstić information content (AvgIpc) is 2.66. The fourth-order valence-corrected chi connectivity index (χ4v) is 3.73. The summed E-state index contributed by atoms with van der Waals surface area (Å²) in [6, 6.07) is 6.54. The number of aliphatic hydroxyl groups excluding tert-OH is 2. The summed E-state index contributed by atoms with van der Waals surface area (Å²) in [4.78, 5) is 18.4. The average molecular weight is 475 g/mol. The van der Waals surface area contributed by atoms with E-state index in [0.29, 0.717) is 33.8 Å². The molecule has 0 saturated heterocycles. The molecule has 0 fully saturated rings. The molecule has 28 heavy (non-hydrogen) atoms. The van der Waals surface area contributed by atoms with Crippen LogP contribution in [0.2, 0.25) is 0 Å². The van der Waals surface area contributed by atoms with Crippen molar-refractivity contribution in [1.29, 1.82) is 0 Å². The molecular weight excluding hydrogens is 455 g/mol. The van der Waals surface area contributed by atoms with Crippen LogP contribution in [-0.4, -0.2) is 34.2 Å². The monoisotopic (exact) mass is 474 g/mol. The minimum atomic E-state index is -4.80. The molecule has 0 aliphatic rings. The van der Waals surface area contributed by atoms with E-state index in [-0.39, 0.29) is 23.4 Å². The smallest absolute Gasteiger partial charge is 0.496 e. The molecule has 0 bridgehead atoms. The Labute approximate surface area is 170 Å². The number of rotatable bonds is 8. The van der Waals surface area contributed by atoms with Crippen molar-refractivity contribution in [2.24, 2.45) is 0 Å². The summed E-state index contributed by atoms with van der Waals surface area (Å²) in [5.74, 6) is 0.679. The van der Waals surface area contributed by atoms with E-state index in [9.17, 15) is 24.6 Å². The van der Waals surface area contributed by atoms with Crippen molar-refractivity contribution in [3.05, 3.63) is 51.0 Å². The molecule has 0 radical (unpaired) electrons. The highest BCUT2D eigenvalue weighted by atomic mass is 79.9. The summed E-state index contributed by atoms with van der Waals surface area (Å²) in [5, 5.41) is 19.0. The molecule has 2 aromatic rings. The second-order valence-corrected chi connectivity index (χ2v) is 7.55. The second-order valence-electron chi connectivity index (χ2n) is 5.59. The molecule has 8 nitrogen and oxygen atoms in total. The summed E-state index contributed by atoms with van der Waals surface area (Å²) >= 11 is 3.23. The molecule has 152 valence electrons. The van der Waals surface area contributed by atoms with E-state index in [1.807, 2.05) is 0 Å². The highest BCUT2D eigenvalue weighted by molar-refractivity contribution is 9.10. The van der Waals surface area contributed by atoms with Crippen LogP contribution in [0.1, 0.15) is 22.3 Å². The molecule has 4 N–H and O–H groups in total. The molecule has 0 unspecified atom stereocenters. The maximum Gasteiger partial charge on any atom is 0.524 e. The molecule has 2 aromatic carbocycles. The van der Waals surface area contributed by atoms with Gasteiger partial charge in [-0.3, -0.25) is 9.79 Å². The van der Waals surface area contributed by atoms with E-state index in [1.54, 1.807) is 36.4 Å². The fourth-order valence-electron chi connectivity index (χ4n) is 2.57. The van der Waals surface area contributed by atoms with Crippen LogP contribution in [0.25, 0.3) is 12.2 Å². The lowest BCUT2D eigenvalue weighted by atomic mass is 10.0. The molecular formula is C18H20BrO8P. The first-order chi connectivity index (χ1) is 13.2. The van der Waals surface area contributed by atoms with Crippen molar-refractivity contribution in [2.75, 3.05) is 14.2 Å². The first kappa shape index (κ1) is 22.4. The van der Waals surface area contributed by atoms with Gasteiger partial charge < -0.3 is 24.2 Å². The Balaban J connectivity index is 2.52. The second kappa shape index (κ2) is 9.56. The molecule has 0 aliphatic heterocycles. The predicted molar refractivity (Wildman–Crippen MR) is 107 cm³/mol. The first-order valence-electron chi connectivity index (χ1n) is 7.95. The van der Waals surface area contributed by atoms with Crippen molar-refractivity contribution in [3.8, 4) is 17.2 Å². The van der Waals surface area contributed by atoms with Gasteiger partial charge in [0.2, 0.25) is 0 Å². The number of phosphoric acid groups is 1. The zero-order chi connectivity index (χ0) is 20.9. The van der Waals surface area contributed by atoms with E-state index < -0.39 is 7.82 Å². The van der Waals surface area contributed by atoms with E-state index in [2.05, 4.69) is 15.9 Å². The molecule has 0 saturated carbocycles. The lowest BCUT2D eigenvalue weighted by Gasteiger charge is -2.14. The number of halogens is 1. The van der Waals surface area contributed by atoms with Gasteiger partial charge in [0.25, 0.3) is 0 Å². The van der Waals surface area contributed by atoms with Gasteiger partial charge in [-0.2, -0.15) is 0 Å². The van der Waals surface area contributed by atoms with Gasteiger partial charge in [-0.05, 0) is 51.3 Å². The minimum Gasteiger partial charge on any atom is -0.496 e. The molecule has 0 aromatic heterocycles. The molecule has 10 heteroatoms. The number of aliphatic hydroxyl groups is 2. The maximum atomic E-state index is 11.3. The highest BCUT2D eigenvalue weighted by Crippen LogP contribution is 2.46. The standard InChI is InChI=1S/C18H20BrO8P/c1-25-15-6-5-12(18(17(15)19)27-28(22,23)24)4-3-11-7-13(9-20)14(10-21)16(8-11)26-2/h3-8,20-21H,9-10H2,1-2H3,(H2,22,23,24). The van der Waals surface area contributed by atoms with E-state index in [0.717, 1.165) is 0 Å². The molecule has 0 amide bonds. The summed E-state index contributed by atoms with van der Waals surface area (Å²) < 4.78 is 26.8. The van der Waals surface area contributed by atoms with Crippen molar-refractivity contribution < 1.29 is 38.6 Å². The number of phosphoric ester groups is 1. The van der Waals surface area contributed by atoms with Gasteiger partial charge in [0.1, 0.15) is 16.0 Å². The number of methoxy groups -OCH3 is 2. The summed E-state index contributed by atoms with van der Waals surface area (Å²) in [7, 11) is -1.93. The summed E-state index contributed by atoms with van der Waals surface area (Å²) in [5.41, 5.74) is 2.02. The Hall–Kier alpha value is -1.87. The SMILES string of the molecule is COc1ccc(C=Cc2cc(CO)c(CO)c(OC)c2)c(OP(=O)(O)O)c1Br. The normalized spacial score (nSPS) is 11.7. The zero-order valence-corrected chi connectivity index (χ0v) is 17.6. The Kier molecular flexibility index (Phi) is 7.65. The van der Waals surface area contributed by atoms with E-state index in [4.69, 9.17) is 14.0 Å². The van der Waals surface area contributed by atoms with Gasteiger partial charge in [0.05, 0.1) is 27.4 Å². The third kappa shape index (κ3) is 5.35. The van der Waals surface area contributed by atoms with Gasteiger partial charge in [-0.15, -0.1) is 0 Å². The molecule has 0 heterocycles.